The zero-order chi connectivity index (χ0) is 18.2. The molecule has 1 saturated heterocycles. The third kappa shape index (κ3) is 3.86. The van der Waals surface area contributed by atoms with Crippen LogP contribution < -0.4 is 0 Å². The predicted octanol–water partition coefficient (Wildman–Crippen LogP) is 0.555. The Labute approximate surface area is 151 Å². The van der Waals surface area contributed by atoms with Crippen molar-refractivity contribution in [3.8, 4) is 11.3 Å². The smallest absolute Gasteiger partial charge is 0.211 e. The van der Waals surface area contributed by atoms with Crippen LogP contribution in [0.3, 0.4) is 0 Å². The van der Waals surface area contributed by atoms with E-state index in [0.717, 1.165) is 17.7 Å². The molecule has 0 aliphatic carbocycles. The van der Waals surface area contributed by atoms with Crippen molar-refractivity contribution in [1.29, 1.82) is 0 Å². The molecule has 1 atom stereocenters. The molecule has 11 heteroatoms. The van der Waals surface area contributed by atoms with Gasteiger partial charge in [-0.1, -0.05) is 23.7 Å². The molecule has 1 aliphatic rings. The quantitative estimate of drug-likeness (QED) is 0.742. The Hall–Kier alpha value is -1.49. The molecule has 0 bridgehead atoms. The number of aryl methyl sites for hydroxylation is 2. The second-order valence-corrected chi connectivity index (χ2v) is 8.37. The molecule has 3 rings (SSSR count). The second-order valence-electron chi connectivity index (χ2n) is 6.03. The second kappa shape index (κ2) is 7.02. The Morgan fingerprint density at radius 1 is 1.44 bits per heavy atom. The maximum atomic E-state index is 11.7. The SMILES string of the molecule is CCc1nn(C)c(Cl)c1-c1cn(CC2CN(S(C)(=O)=O)CCO2)nn1. The molecule has 0 spiro atoms. The summed E-state index contributed by atoms with van der Waals surface area (Å²) in [6.45, 7) is 3.47. The van der Waals surface area contributed by atoms with Crippen molar-refractivity contribution in [3.05, 3.63) is 17.0 Å². The fourth-order valence-electron chi connectivity index (χ4n) is 2.87. The van der Waals surface area contributed by atoms with E-state index in [4.69, 9.17) is 16.3 Å². The zero-order valence-corrected chi connectivity index (χ0v) is 16.0. The van der Waals surface area contributed by atoms with Gasteiger partial charge < -0.3 is 4.74 Å². The van der Waals surface area contributed by atoms with Crippen LogP contribution in [0.15, 0.2) is 6.20 Å². The van der Waals surface area contributed by atoms with Crippen LogP contribution in [-0.4, -0.2) is 69.6 Å². The van der Waals surface area contributed by atoms with Crippen LogP contribution in [-0.2, 0) is 34.8 Å². The zero-order valence-electron chi connectivity index (χ0n) is 14.4. The van der Waals surface area contributed by atoms with Gasteiger partial charge in [0.15, 0.2) is 0 Å². The van der Waals surface area contributed by atoms with Crippen molar-refractivity contribution in [2.75, 3.05) is 26.0 Å². The molecule has 138 valence electrons. The van der Waals surface area contributed by atoms with E-state index in [0.29, 0.717) is 37.1 Å². The molecular weight excluding hydrogens is 368 g/mol. The lowest BCUT2D eigenvalue weighted by molar-refractivity contribution is -0.0120. The Morgan fingerprint density at radius 3 is 2.88 bits per heavy atom. The summed E-state index contributed by atoms with van der Waals surface area (Å²) in [5.74, 6) is 0. The molecule has 3 heterocycles. The molecule has 0 saturated carbocycles. The lowest BCUT2D eigenvalue weighted by atomic mass is 10.1. The number of hydrogen-bond donors (Lipinski definition) is 0. The van der Waals surface area contributed by atoms with Crippen LogP contribution in [0.4, 0.5) is 0 Å². The molecule has 0 radical (unpaired) electrons. The van der Waals surface area contributed by atoms with E-state index in [1.54, 1.807) is 22.6 Å². The number of hydrogen-bond acceptors (Lipinski definition) is 6. The normalized spacial score (nSPS) is 19.4. The van der Waals surface area contributed by atoms with Gasteiger partial charge in [-0.05, 0) is 6.42 Å². The lowest BCUT2D eigenvalue weighted by Gasteiger charge is -2.30. The number of nitrogens with zero attached hydrogens (tertiary/aromatic N) is 6. The summed E-state index contributed by atoms with van der Waals surface area (Å²) in [7, 11) is -1.44. The minimum Gasteiger partial charge on any atom is -0.374 e. The van der Waals surface area contributed by atoms with E-state index in [-0.39, 0.29) is 6.10 Å². The minimum absolute atomic E-state index is 0.270. The highest BCUT2D eigenvalue weighted by Gasteiger charge is 2.27. The number of rotatable bonds is 5. The summed E-state index contributed by atoms with van der Waals surface area (Å²) < 4.78 is 33.7. The monoisotopic (exact) mass is 388 g/mol. The van der Waals surface area contributed by atoms with Gasteiger partial charge in [0.1, 0.15) is 10.8 Å². The summed E-state index contributed by atoms with van der Waals surface area (Å²) in [6.07, 6.45) is 3.45. The minimum atomic E-state index is -3.22. The van der Waals surface area contributed by atoms with Crippen LogP contribution in [0.1, 0.15) is 12.6 Å². The van der Waals surface area contributed by atoms with E-state index in [1.807, 2.05) is 6.92 Å². The van der Waals surface area contributed by atoms with E-state index in [1.165, 1.54) is 10.6 Å². The first kappa shape index (κ1) is 18.3. The maximum Gasteiger partial charge on any atom is 0.211 e. The van der Waals surface area contributed by atoms with Crippen molar-refractivity contribution in [2.45, 2.75) is 26.0 Å². The van der Waals surface area contributed by atoms with Gasteiger partial charge >= 0.3 is 0 Å². The number of aromatic nitrogens is 5. The highest BCUT2D eigenvalue weighted by atomic mass is 35.5. The molecular formula is C14H21ClN6O3S. The Kier molecular flexibility index (Phi) is 5.14. The summed E-state index contributed by atoms with van der Waals surface area (Å²) in [5.41, 5.74) is 2.28. The lowest BCUT2D eigenvalue weighted by Crippen LogP contribution is -2.46. The first-order chi connectivity index (χ1) is 11.8. The average molecular weight is 389 g/mol. The molecule has 1 fully saturated rings. The van der Waals surface area contributed by atoms with Crippen molar-refractivity contribution in [2.24, 2.45) is 7.05 Å². The first-order valence-corrected chi connectivity index (χ1v) is 10.2. The Bertz CT molecular complexity index is 862. The van der Waals surface area contributed by atoms with E-state index in [9.17, 15) is 8.42 Å². The van der Waals surface area contributed by atoms with Crippen LogP contribution in [0.25, 0.3) is 11.3 Å². The Morgan fingerprint density at radius 2 is 2.20 bits per heavy atom. The molecule has 0 aromatic carbocycles. The van der Waals surface area contributed by atoms with E-state index in [2.05, 4.69) is 15.4 Å². The highest BCUT2D eigenvalue weighted by molar-refractivity contribution is 7.88. The summed E-state index contributed by atoms with van der Waals surface area (Å²) in [6, 6.07) is 0. The number of morpholine rings is 1. The average Bonchev–Trinajstić information content (AvgIpc) is 3.11. The van der Waals surface area contributed by atoms with E-state index >= 15 is 0 Å². The maximum absolute atomic E-state index is 11.7. The van der Waals surface area contributed by atoms with Crippen molar-refractivity contribution < 1.29 is 13.2 Å². The number of ether oxygens (including phenoxy) is 1. The highest BCUT2D eigenvalue weighted by Crippen LogP contribution is 2.29. The van der Waals surface area contributed by atoms with Crippen LogP contribution in [0, 0.1) is 0 Å². The number of sulfonamides is 1. The van der Waals surface area contributed by atoms with Gasteiger partial charge in [0.05, 0.1) is 43.0 Å². The summed E-state index contributed by atoms with van der Waals surface area (Å²) in [4.78, 5) is 0. The predicted molar refractivity (Wildman–Crippen MR) is 92.8 cm³/mol. The summed E-state index contributed by atoms with van der Waals surface area (Å²) >= 11 is 6.32. The fraction of sp³-hybridized carbons (Fsp3) is 0.643. The first-order valence-electron chi connectivity index (χ1n) is 7.98. The third-order valence-corrected chi connectivity index (χ3v) is 5.84. The molecule has 0 N–H and O–H groups in total. The van der Waals surface area contributed by atoms with Crippen molar-refractivity contribution in [1.82, 2.24) is 29.1 Å². The fourth-order valence-corrected chi connectivity index (χ4v) is 3.96. The van der Waals surface area contributed by atoms with Crippen LogP contribution in [0.5, 0.6) is 0 Å². The van der Waals surface area contributed by atoms with Crippen molar-refractivity contribution in [3.63, 3.8) is 0 Å². The molecule has 1 unspecified atom stereocenters. The van der Waals surface area contributed by atoms with E-state index < -0.39 is 10.0 Å². The number of halogens is 1. The topological polar surface area (TPSA) is 95.1 Å². The third-order valence-electron chi connectivity index (χ3n) is 4.14. The van der Waals surface area contributed by atoms with Gasteiger partial charge in [0.25, 0.3) is 0 Å². The molecule has 9 nitrogen and oxygen atoms in total. The van der Waals surface area contributed by atoms with Crippen LogP contribution in [0.2, 0.25) is 5.15 Å². The van der Waals surface area contributed by atoms with Gasteiger partial charge in [-0.25, -0.2) is 13.1 Å². The van der Waals surface area contributed by atoms with Crippen molar-refractivity contribution >= 4 is 21.6 Å². The molecule has 0 amide bonds. The molecule has 2 aromatic heterocycles. The van der Waals surface area contributed by atoms with Gasteiger partial charge in [0.2, 0.25) is 10.0 Å². The molecule has 25 heavy (non-hydrogen) atoms. The summed E-state index contributed by atoms with van der Waals surface area (Å²) in [5, 5.41) is 13.2. The van der Waals surface area contributed by atoms with Gasteiger partial charge in [-0.2, -0.15) is 9.40 Å². The Balaban J connectivity index is 1.76. The van der Waals surface area contributed by atoms with Gasteiger partial charge in [-0.3, -0.25) is 4.68 Å². The standard InChI is InChI=1S/C14H21ClN6O3S/c1-4-11-13(14(15)19(2)17-11)12-9-20(18-16-12)7-10-8-21(5-6-24-10)25(3,22)23/h9-10H,4-8H2,1-3H3. The molecule has 2 aromatic rings. The largest absolute Gasteiger partial charge is 0.374 e. The van der Waals surface area contributed by atoms with Gasteiger partial charge in [0, 0.05) is 20.1 Å². The van der Waals surface area contributed by atoms with Crippen LogP contribution >= 0.6 is 11.6 Å². The van der Waals surface area contributed by atoms with Gasteiger partial charge in [-0.15, -0.1) is 5.10 Å². The molecule has 1 aliphatic heterocycles.